The molecule has 1 fully saturated rings. The third-order valence-electron chi connectivity index (χ3n) is 5.29. The number of likely N-dealkylation sites (tertiary alicyclic amines) is 1. The lowest BCUT2D eigenvalue weighted by molar-refractivity contribution is 0.187. The Bertz CT molecular complexity index is 1060. The average molecular weight is 475 g/mol. The highest BCUT2D eigenvalue weighted by Gasteiger charge is 2.29. The van der Waals surface area contributed by atoms with Gasteiger partial charge < -0.3 is 9.47 Å². The Hall–Kier alpha value is -2.16. The molecule has 3 aromatic rings. The fourth-order valence-corrected chi connectivity index (χ4v) is 4.52. The molecule has 0 spiro atoms. The minimum absolute atomic E-state index is 0.233. The molecule has 0 amide bonds. The van der Waals surface area contributed by atoms with E-state index >= 15 is 0 Å². The molecule has 1 aliphatic rings. The van der Waals surface area contributed by atoms with Gasteiger partial charge in [-0.15, -0.1) is 0 Å². The smallest absolute Gasteiger partial charge is 0.217 e. The van der Waals surface area contributed by atoms with E-state index in [4.69, 9.17) is 21.7 Å². The number of hydrogen-bond donors (Lipinski definition) is 1. The molecule has 1 N–H and O–H groups in total. The second-order valence-corrected chi connectivity index (χ2v) is 8.20. The maximum atomic E-state index is 5.62. The zero-order valence-electron chi connectivity index (χ0n) is 16.4. The standard InChI is InChI=1S/C21H23BrN4O2S/c1-27-14-9-10-19(28-2)16(12-14)18-8-5-11-25(18)13-26-21(29)23-20(24-26)15-6-3-4-7-17(15)22/h3-4,6-7,9-10,12,18H,5,8,11,13H2,1-2H3,(H,23,24,29)/t18-/m0/s1. The minimum atomic E-state index is 0.233. The summed E-state index contributed by atoms with van der Waals surface area (Å²) in [6.45, 7) is 1.62. The number of rotatable bonds is 6. The van der Waals surface area contributed by atoms with Crippen LogP contribution in [-0.2, 0) is 6.67 Å². The molecule has 0 saturated carbocycles. The van der Waals surface area contributed by atoms with Gasteiger partial charge in [-0.25, -0.2) is 4.68 Å². The summed E-state index contributed by atoms with van der Waals surface area (Å²) < 4.78 is 14.5. The maximum absolute atomic E-state index is 5.62. The molecule has 8 heteroatoms. The number of benzene rings is 2. The molecular weight excluding hydrogens is 452 g/mol. The Labute approximate surface area is 183 Å². The van der Waals surface area contributed by atoms with Gasteiger partial charge in [0.05, 0.1) is 20.9 Å². The monoisotopic (exact) mass is 474 g/mol. The van der Waals surface area contributed by atoms with E-state index in [1.807, 2.05) is 41.1 Å². The predicted molar refractivity (Wildman–Crippen MR) is 119 cm³/mol. The van der Waals surface area contributed by atoms with Crippen LogP contribution in [0, 0.1) is 4.77 Å². The summed E-state index contributed by atoms with van der Waals surface area (Å²) in [7, 11) is 3.39. The number of aromatic nitrogens is 3. The fourth-order valence-electron chi connectivity index (χ4n) is 3.86. The molecule has 2 heterocycles. The summed E-state index contributed by atoms with van der Waals surface area (Å²) in [5.74, 6) is 2.48. The second kappa shape index (κ2) is 8.69. The summed E-state index contributed by atoms with van der Waals surface area (Å²) in [4.78, 5) is 6.96. The fraction of sp³-hybridized carbons (Fsp3) is 0.333. The molecule has 1 aromatic heterocycles. The Balaban J connectivity index is 1.62. The van der Waals surface area contributed by atoms with Crippen molar-refractivity contribution < 1.29 is 9.47 Å². The zero-order valence-corrected chi connectivity index (χ0v) is 18.8. The SMILES string of the molecule is COc1ccc(OC)c([C@@H]2CCCN2Cn2[nH]c(-c3ccccc3Br)nc2=S)c1. The Kier molecular flexibility index (Phi) is 6.03. The molecule has 1 saturated heterocycles. The topological polar surface area (TPSA) is 55.3 Å². The van der Waals surface area contributed by atoms with Crippen molar-refractivity contribution in [3.63, 3.8) is 0 Å². The third-order valence-corrected chi connectivity index (χ3v) is 6.29. The van der Waals surface area contributed by atoms with Crippen molar-refractivity contribution in [2.24, 2.45) is 0 Å². The van der Waals surface area contributed by atoms with Gasteiger partial charge in [0.2, 0.25) is 4.77 Å². The van der Waals surface area contributed by atoms with Crippen molar-refractivity contribution >= 4 is 28.1 Å². The normalized spacial score (nSPS) is 16.9. The van der Waals surface area contributed by atoms with Gasteiger partial charge in [-0.1, -0.05) is 34.1 Å². The van der Waals surface area contributed by atoms with Crippen LogP contribution >= 0.6 is 28.1 Å². The van der Waals surface area contributed by atoms with Crippen LogP contribution in [0.25, 0.3) is 11.4 Å². The molecule has 1 atom stereocenters. The van der Waals surface area contributed by atoms with Crippen LogP contribution in [0.3, 0.4) is 0 Å². The lowest BCUT2D eigenvalue weighted by Crippen LogP contribution is -2.27. The first-order valence-electron chi connectivity index (χ1n) is 9.48. The van der Waals surface area contributed by atoms with Gasteiger partial charge in [0.15, 0.2) is 5.82 Å². The molecule has 4 rings (SSSR count). The average Bonchev–Trinajstić information content (AvgIpc) is 3.34. The first kappa shape index (κ1) is 20.1. The van der Waals surface area contributed by atoms with Gasteiger partial charge in [-0.2, -0.15) is 4.98 Å². The Morgan fingerprint density at radius 2 is 2.03 bits per heavy atom. The van der Waals surface area contributed by atoms with E-state index in [0.29, 0.717) is 11.4 Å². The van der Waals surface area contributed by atoms with Gasteiger partial charge in [-0.3, -0.25) is 10.00 Å². The summed E-state index contributed by atoms with van der Waals surface area (Å²) in [6, 6.07) is 14.2. The van der Waals surface area contributed by atoms with Gasteiger partial charge in [0.25, 0.3) is 0 Å². The largest absolute Gasteiger partial charge is 0.497 e. The van der Waals surface area contributed by atoms with Crippen LogP contribution in [0.5, 0.6) is 11.5 Å². The summed E-state index contributed by atoms with van der Waals surface area (Å²) in [5, 5.41) is 3.36. The molecule has 1 aliphatic heterocycles. The number of methoxy groups -OCH3 is 2. The van der Waals surface area contributed by atoms with Crippen LogP contribution in [-0.4, -0.2) is 40.4 Å². The third kappa shape index (κ3) is 4.10. The number of H-pyrrole nitrogens is 1. The van der Waals surface area contributed by atoms with Crippen LogP contribution < -0.4 is 9.47 Å². The molecule has 2 aromatic carbocycles. The minimum Gasteiger partial charge on any atom is -0.497 e. The van der Waals surface area contributed by atoms with Gasteiger partial charge in [-0.05, 0) is 49.3 Å². The number of aromatic amines is 1. The quantitative estimate of drug-likeness (QED) is 0.498. The maximum Gasteiger partial charge on any atom is 0.217 e. The molecule has 29 heavy (non-hydrogen) atoms. The van der Waals surface area contributed by atoms with Crippen LogP contribution in [0.1, 0.15) is 24.4 Å². The molecule has 152 valence electrons. The number of hydrogen-bond acceptors (Lipinski definition) is 5. The second-order valence-electron chi connectivity index (χ2n) is 6.98. The van der Waals surface area contributed by atoms with E-state index in [1.54, 1.807) is 14.2 Å². The number of halogens is 1. The van der Waals surface area contributed by atoms with E-state index in [2.05, 4.69) is 37.0 Å². The van der Waals surface area contributed by atoms with Crippen molar-refractivity contribution in [2.75, 3.05) is 20.8 Å². The molecule has 0 unspecified atom stereocenters. The number of ether oxygens (including phenoxy) is 2. The first-order chi connectivity index (χ1) is 14.1. The van der Waals surface area contributed by atoms with Crippen molar-refractivity contribution in [1.82, 2.24) is 19.7 Å². The van der Waals surface area contributed by atoms with E-state index in [1.165, 1.54) is 0 Å². The van der Waals surface area contributed by atoms with Gasteiger partial charge >= 0.3 is 0 Å². The lowest BCUT2D eigenvalue weighted by Gasteiger charge is -2.26. The number of nitrogens with zero attached hydrogens (tertiary/aromatic N) is 3. The van der Waals surface area contributed by atoms with Crippen molar-refractivity contribution in [1.29, 1.82) is 0 Å². The zero-order chi connectivity index (χ0) is 20.4. The lowest BCUT2D eigenvalue weighted by atomic mass is 10.0. The molecule has 0 aliphatic carbocycles. The van der Waals surface area contributed by atoms with Crippen molar-refractivity contribution in [3.8, 4) is 22.9 Å². The molecule has 6 nitrogen and oxygen atoms in total. The van der Waals surface area contributed by atoms with Crippen LogP contribution in [0.15, 0.2) is 46.9 Å². The Morgan fingerprint density at radius 3 is 2.79 bits per heavy atom. The van der Waals surface area contributed by atoms with Crippen molar-refractivity contribution in [3.05, 3.63) is 57.3 Å². The molecule has 0 radical (unpaired) electrons. The highest BCUT2D eigenvalue weighted by atomic mass is 79.9. The van der Waals surface area contributed by atoms with E-state index in [-0.39, 0.29) is 6.04 Å². The van der Waals surface area contributed by atoms with E-state index < -0.39 is 0 Å². The first-order valence-corrected chi connectivity index (χ1v) is 10.7. The van der Waals surface area contributed by atoms with E-state index in [9.17, 15) is 0 Å². The summed E-state index contributed by atoms with van der Waals surface area (Å²) >= 11 is 9.11. The highest BCUT2D eigenvalue weighted by Crippen LogP contribution is 2.39. The van der Waals surface area contributed by atoms with Crippen LogP contribution in [0.2, 0.25) is 0 Å². The summed E-state index contributed by atoms with van der Waals surface area (Å²) in [5.41, 5.74) is 2.13. The van der Waals surface area contributed by atoms with Crippen molar-refractivity contribution in [2.45, 2.75) is 25.6 Å². The highest BCUT2D eigenvalue weighted by molar-refractivity contribution is 9.10. The summed E-state index contributed by atoms with van der Waals surface area (Å²) in [6.07, 6.45) is 2.17. The number of nitrogens with one attached hydrogen (secondary N) is 1. The van der Waals surface area contributed by atoms with Crippen LogP contribution in [0.4, 0.5) is 0 Å². The molecular formula is C21H23BrN4O2S. The predicted octanol–water partition coefficient (Wildman–Crippen LogP) is 5.18. The Morgan fingerprint density at radius 1 is 1.21 bits per heavy atom. The van der Waals surface area contributed by atoms with Gasteiger partial charge in [0, 0.05) is 28.2 Å². The van der Waals surface area contributed by atoms with Gasteiger partial charge in [0.1, 0.15) is 11.5 Å². The van der Waals surface area contributed by atoms with E-state index in [0.717, 1.165) is 52.3 Å². The molecule has 0 bridgehead atoms.